The molecule has 0 saturated heterocycles. The average Bonchev–Trinajstić information content (AvgIpc) is 2.26. The summed E-state index contributed by atoms with van der Waals surface area (Å²) >= 11 is 3.32. The Morgan fingerprint density at radius 3 is 3.13 bits per heavy atom. The second-order valence-electron chi connectivity index (χ2n) is 2.87. The van der Waals surface area contributed by atoms with Crippen LogP contribution in [0.4, 0.5) is 5.95 Å². The molecular weight excluding hydrogens is 258 g/mol. The second-order valence-corrected chi connectivity index (χ2v) is 3.73. The number of halogens is 1. The summed E-state index contributed by atoms with van der Waals surface area (Å²) < 4.78 is 6.09. The fourth-order valence-electron chi connectivity index (χ4n) is 0.913. The van der Waals surface area contributed by atoms with Gasteiger partial charge in [0.25, 0.3) is 0 Å². The molecule has 1 aromatic heterocycles. The molecule has 0 bridgehead atoms. The molecule has 0 atom stereocenters. The maximum Gasteiger partial charge on any atom is 0.233 e. The van der Waals surface area contributed by atoms with Crippen LogP contribution in [0.15, 0.2) is 23.3 Å². The lowest BCUT2D eigenvalue weighted by molar-refractivity contribution is 0.346. The highest BCUT2D eigenvalue weighted by Crippen LogP contribution is 2.22. The maximum atomic E-state index is 5.35. The summed E-state index contributed by atoms with van der Waals surface area (Å²) in [6.07, 6.45) is 4.37. The zero-order valence-corrected chi connectivity index (χ0v) is 10.2. The highest BCUT2D eigenvalue weighted by Gasteiger charge is 2.04. The topological polar surface area (TPSA) is 47.0 Å². The molecule has 0 spiro atoms. The van der Waals surface area contributed by atoms with Gasteiger partial charge in [-0.3, -0.25) is 0 Å². The summed E-state index contributed by atoms with van der Waals surface area (Å²) in [5.41, 5.74) is 0. The molecule has 1 N–H and O–H groups in total. The summed E-state index contributed by atoms with van der Waals surface area (Å²) in [5.74, 6) is 1.11. The van der Waals surface area contributed by atoms with Crippen LogP contribution in [0.1, 0.15) is 13.3 Å². The molecule has 15 heavy (non-hydrogen) atoms. The van der Waals surface area contributed by atoms with Crippen LogP contribution in [0.5, 0.6) is 5.88 Å². The molecule has 0 fully saturated rings. The molecule has 0 aliphatic rings. The SMILES string of the molecule is C=CCOc1nc(NCCC)ncc1Br. The number of nitrogens with one attached hydrogen (secondary N) is 1. The number of hydrogen-bond donors (Lipinski definition) is 1. The molecule has 5 heteroatoms. The van der Waals surface area contributed by atoms with Crippen molar-refractivity contribution in [1.82, 2.24) is 9.97 Å². The minimum Gasteiger partial charge on any atom is -0.473 e. The number of aromatic nitrogens is 2. The predicted octanol–water partition coefficient (Wildman–Crippen LogP) is 2.63. The smallest absolute Gasteiger partial charge is 0.233 e. The molecule has 82 valence electrons. The average molecular weight is 272 g/mol. The minimum atomic E-state index is 0.433. The third-order valence-corrected chi connectivity index (χ3v) is 2.13. The molecule has 0 aromatic carbocycles. The van der Waals surface area contributed by atoms with E-state index < -0.39 is 0 Å². The summed E-state index contributed by atoms with van der Waals surface area (Å²) in [4.78, 5) is 8.32. The molecule has 0 amide bonds. The molecule has 0 aliphatic carbocycles. The Morgan fingerprint density at radius 1 is 1.67 bits per heavy atom. The molecule has 0 unspecified atom stereocenters. The summed E-state index contributed by atoms with van der Waals surface area (Å²) in [5, 5.41) is 3.09. The zero-order valence-electron chi connectivity index (χ0n) is 8.66. The summed E-state index contributed by atoms with van der Waals surface area (Å²) in [7, 11) is 0. The normalized spacial score (nSPS) is 9.73. The molecule has 0 aliphatic heterocycles. The maximum absolute atomic E-state index is 5.35. The van der Waals surface area contributed by atoms with E-state index in [2.05, 4.69) is 44.7 Å². The third-order valence-electron chi connectivity index (χ3n) is 1.58. The van der Waals surface area contributed by atoms with Gasteiger partial charge < -0.3 is 10.1 Å². The molecule has 1 heterocycles. The number of ether oxygens (including phenoxy) is 1. The number of hydrogen-bond acceptors (Lipinski definition) is 4. The number of nitrogens with zero attached hydrogens (tertiary/aromatic N) is 2. The highest BCUT2D eigenvalue weighted by atomic mass is 79.9. The fraction of sp³-hybridized carbons (Fsp3) is 0.400. The van der Waals surface area contributed by atoms with Gasteiger partial charge in [-0.2, -0.15) is 4.98 Å². The van der Waals surface area contributed by atoms with Gasteiger partial charge in [-0.15, -0.1) is 0 Å². The lowest BCUT2D eigenvalue weighted by Crippen LogP contribution is -2.06. The van der Waals surface area contributed by atoms with Gasteiger partial charge in [0.2, 0.25) is 11.8 Å². The van der Waals surface area contributed by atoms with Crippen LogP contribution >= 0.6 is 15.9 Å². The first kappa shape index (κ1) is 12.0. The van der Waals surface area contributed by atoms with Gasteiger partial charge in [0, 0.05) is 6.54 Å². The zero-order chi connectivity index (χ0) is 11.1. The van der Waals surface area contributed by atoms with Crippen molar-refractivity contribution >= 4 is 21.9 Å². The summed E-state index contributed by atoms with van der Waals surface area (Å²) in [6.45, 7) is 6.95. The molecular formula is C10H14BrN3O. The molecule has 1 rings (SSSR count). The highest BCUT2D eigenvalue weighted by molar-refractivity contribution is 9.10. The molecule has 4 nitrogen and oxygen atoms in total. The van der Waals surface area contributed by atoms with Crippen LogP contribution in [0.25, 0.3) is 0 Å². The van der Waals surface area contributed by atoms with Crippen molar-refractivity contribution in [3.05, 3.63) is 23.3 Å². The van der Waals surface area contributed by atoms with Crippen LogP contribution in [0.3, 0.4) is 0 Å². The van der Waals surface area contributed by atoms with Crippen molar-refractivity contribution in [2.75, 3.05) is 18.5 Å². The first-order valence-electron chi connectivity index (χ1n) is 4.78. The Labute approximate surface area is 97.9 Å². The number of anilines is 1. The van der Waals surface area contributed by atoms with Crippen molar-refractivity contribution in [3.8, 4) is 5.88 Å². The van der Waals surface area contributed by atoms with Crippen molar-refractivity contribution in [1.29, 1.82) is 0 Å². The molecule has 0 radical (unpaired) electrons. The first-order valence-corrected chi connectivity index (χ1v) is 5.57. The minimum absolute atomic E-state index is 0.433. The van der Waals surface area contributed by atoms with Crippen molar-refractivity contribution in [3.63, 3.8) is 0 Å². The van der Waals surface area contributed by atoms with E-state index in [9.17, 15) is 0 Å². The Bertz CT molecular complexity index is 330. The van der Waals surface area contributed by atoms with Crippen LogP contribution in [0.2, 0.25) is 0 Å². The Morgan fingerprint density at radius 2 is 2.47 bits per heavy atom. The largest absolute Gasteiger partial charge is 0.473 e. The Balaban J connectivity index is 2.70. The van der Waals surface area contributed by atoms with Crippen LogP contribution in [0, 0.1) is 0 Å². The van der Waals surface area contributed by atoms with E-state index in [-0.39, 0.29) is 0 Å². The monoisotopic (exact) mass is 271 g/mol. The van der Waals surface area contributed by atoms with E-state index in [0.717, 1.165) is 17.4 Å². The second kappa shape index (κ2) is 6.40. The van der Waals surface area contributed by atoms with Crippen molar-refractivity contribution in [2.45, 2.75) is 13.3 Å². The van der Waals surface area contributed by atoms with Gasteiger partial charge in [0.1, 0.15) is 6.61 Å². The van der Waals surface area contributed by atoms with Gasteiger partial charge >= 0.3 is 0 Å². The van der Waals surface area contributed by atoms with E-state index in [1.165, 1.54) is 0 Å². The van der Waals surface area contributed by atoms with Gasteiger partial charge in [-0.05, 0) is 22.4 Å². The van der Waals surface area contributed by atoms with Gasteiger partial charge in [0.15, 0.2) is 0 Å². The van der Waals surface area contributed by atoms with Crippen molar-refractivity contribution < 1.29 is 4.74 Å². The molecule has 0 saturated carbocycles. The van der Waals surface area contributed by atoms with E-state index >= 15 is 0 Å². The van der Waals surface area contributed by atoms with E-state index in [0.29, 0.717) is 18.4 Å². The van der Waals surface area contributed by atoms with E-state index in [1.54, 1.807) is 12.3 Å². The predicted molar refractivity (Wildman–Crippen MR) is 64.2 cm³/mol. The van der Waals surface area contributed by atoms with E-state index in [4.69, 9.17) is 4.74 Å². The lowest BCUT2D eigenvalue weighted by Gasteiger charge is -2.07. The van der Waals surface area contributed by atoms with Crippen LogP contribution in [-0.4, -0.2) is 23.1 Å². The third kappa shape index (κ3) is 3.87. The quantitative estimate of drug-likeness (QED) is 0.809. The van der Waals surface area contributed by atoms with Crippen LogP contribution < -0.4 is 10.1 Å². The van der Waals surface area contributed by atoms with Crippen molar-refractivity contribution in [2.24, 2.45) is 0 Å². The van der Waals surface area contributed by atoms with Crippen LogP contribution in [-0.2, 0) is 0 Å². The summed E-state index contributed by atoms with van der Waals surface area (Å²) in [6, 6.07) is 0. The fourth-order valence-corrected chi connectivity index (χ4v) is 1.22. The van der Waals surface area contributed by atoms with Gasteiger partial charge in [-0.1, -0.05) is 19.6 Å². The Kier molecular flexibility index (Phi) is 5.10. The molecule has 1 aromatic rings. The van der Waals surface area contributed by atoms with E-state index in [1.807, 2.05) is 0 Å². The van der Waals surface area contributed by atoms with Gasteiger partial charge in [-0.25, -0.2) is 4.98 Å². The standard InChI is InChI=1S/C10H14BrN3O/c1-3-5-12-10-13-7-8(11)9(14-10)15-6-4-2/h4,7H,2-3,5-6H2,1H3,(H,12,13,14). The van der Waals surface area contributed by atoms with Gasteiger partial charge in [0.05, 0.1) is 10.7 Å². The number of rotatable bonds is 6. The lowest BCUT2D eigenvalue weighted by atomic mass is 10.5. The Hall–Kier alpha value is -1.10. The first-order chi connectivity index (χ1) is 7.27.